The molecule has 0 aromatic carbocycles. The van der Waals surface area contributed by atoms with Crippen molar-refractivity contribution in [3.8, 4) is 0 Å². The maximum Gasteiger partial charge on any atom is 0.320 e. The molecule has 0 bridgehead atoms. The minimum Gasteiger partial charge on any atom is -0.480 e. The number of nitrogens with one attached hydrogen (secondary N) is 2. The number of carboxylic acid groups (broad SMARTS) is 1. The second kappa shape index (κ2) is 7.63. The van der Waals surface area contributed by atoms with Gasteiger partial charge in [0.05, 0.1) is 0 Å². The van der Waals surface area contributed by atoms with Crippen LogP contribution in [0.5, 0.6) is 0 Å². The number of hydrogen-bond donors (Lipinski definition) is 4. The van der Waals surface area contributed by atoms with Crippen LogP contribution in [0.4, 0.5) is 4.79 Å². The largest absolute Gasteiger partial charge is 0.480 e. The van der Waals surface area contributed by atoms with E-state index in [1.165, 1.54) is 0 Å². The number of carboxylic acids is 1. The third-order valence-corrected chi connectivity index (χ3v) is 1.88. The van der Waals surface area contributed by atoms with Gasteiger partial charge in [-0.25, -0.2) is 4.79 Å². The third kappa shape index (κ3) is 6.77. The molecule has 0 saturated carbocycles. The van der Waals surface area contributed by atoms with Crippen molar-refractivity contribution in [1.29, 1.82) is 0 Å². The van der Waals surface area contributed by atoms with Crippen LogP contribution < -0.4 is 16.4 Å². The molecule has 0 heterocycles. The van der Waals surface area contributed by atoms with E-state index >= 15 is 0 Å². The Labute approximate surface area is 93.4 Å². The Morgan fingerprint density at radius 3 is 2.44 bits per heavy atom. The highest BCUT2D eigenvalue weighted by molar-refractivity contribution is 5.93. The van der Waals surface area contributed by atoms with Crippen LogP contribution in [0.15, 0.2) is 0 Å². The minimum atomic E-state index is -0.947. The van der Waals surface area contributed by atoms with E-state index in [0.29, 0.717) is 6.42 Å². The lowest BCUT2D eigenvalue weighted by molar-refractivity contribution is -0.139. The van der Waals surface area contributed by atoms with Gasteiger partial charge in [-0.15, -0.1) is 0 Å². The molecule has 92 valence electrons. The number of carbonyl (C=O) groups is 3. The van der Waals surface area contributed by atoms with Crippen molar-refractivity contribution in [3.63, 3.8) is 0 Å². The van der Waals surface area contributed by atoms with Gasteiger partial charge < -0.3 is 16.2 Å². The second-order valence-electron chi connectivity index (χ2n) is 3.30. The predicted octanol–water partition coefficient (Wildman–Crippen LogP) is -0.586. The molecule has 0 saturated heterocycles. The lowest BCUT2D eigenvalue weighted by Gasteiger charge is -2.12. The quantitative estimate of drug-likeness (QED) is 0.466. The van der Waals surface area contributed by atoms with Gasteiger partial charge in [-0.2, -0.15) is 0 Å². The van der Waals surface area contributed by atoms with Crippen molar-refractivity contribution in [2.24, 2.45) is 5.73 Å². The Hall–Kier alpha value is -1.63. The van der Waals surface area contributed by atoms with Crippen LogP contribution >= 0.6 is 0 Å². The van der Waals surface area contributed by atoms with E-state index in [0.717, 1.165) is 6.42 Å². The van der Waals surface area contributed by atoms with E-state index in [-0.39, 0.29) is 13.0 Å². The van der Waals surface area contributed by atoms with Gasteiger partial charge in [0.1, 0.15) is 6.04 Å². The first-order valence-electron chi connectivity index (χ1n) is 5.02. The molecule has 5 N–H and O–H groups in total. The second-order valence-corrected chi connectivity index (χ2v) is 3.30. The predicted molar refractivity (Wildman–Crippen MR) is 56.7 cm³/mol. The van der Waals surface area contributed by atoms with E-state index in [9.17, 15) is 14.4 Å². The summed E-state index contributed by atoms with van der Waals surface area (Å²) in [5.74, 6) is -1.47. The van der Waals surface area contributed by atoms with Crippen LogP contribution in [0.3, 0.4) is 0 Å². The average molecular weight is 231 g/mol. The molecule has 16 heavy (non-hydrogen) atoms. The zero-order valence-corrected chi connectivity index (χ0v) is 9.16. The molecule has 0 rings (SSSR count). The maximum absolute atomic E-state index is 11.0. The molecule has 0 aromatic rings. The lowest BCUT2D eigenvalue weighted by atomic mass is 10.1. The topological polar surface area (TPSA) is 122 Å². The summed E-state index contributed by atoms with van der Waals surface area (Å²) in [6.07, 6.45) is 1.24. The molecule has 7 nitrogen and oxygen atoms in total. The van der Waals surface area contributed by atoms with Gasteiger partial charge in [0.2, 0.25) is 5.91 Å². The smallest absolute Gasteiger partial charge is 0.320 e. The first-order chi connectivity index (χ1) is 7.47. The SMILES string of the molecule is CCCC(NCCC(=O)NC(N)=O)C(=O)O. The summed E-state index contributed by atoms with van der Waals surface area (Å²) in [6, 6.07) is -1.57. The first-order valence-corrected chi connectivity index (χ1v) is 5.02. The van der Waals surface area contributed by atoms with Crippen LogP contribution in [0.1, 0.15) is 26.2 Å². The van der Waals surface area contributed by atoms with Crippen molar-refractivity contribution in [3.05, 3.63) is 0 Å². The first kappa shape index (κ1) is 14.4. The summed E-state index contributed by atoms with van der Waals surface area (Å²) >= 11 is 0. The van der Waals surface area contributed by atoms with Crippen LogP contribution in [0.25, 0.3) is 0 Å². The van der Waals surface area contributed by atoms with Crippen LogP contribution in [0, 0.1) is 0 Å². The maximum atomic E-state index is 11.0. The van der Waals surface area contributed by atoms with Crippen molar-refractivity contribution in [2.75, 3.05) is 6.54 Å². The fourth-order valence-corrected chi connectivity index (χ4v) is 1.16. The van der Waals surface area contributed by atoms with Gasteiger partial charge in [0.25, 0.3) is 0 Å². The van der Waals surface area contributed by atoms with Crippen molar-refractivity contribution in [2.45, 2.75) is 32.2 Å². The van der Waals surface area contributed by atoms with E-state index in [1.54, 1.807) is 0 Å². The Morgan fingerprint density at radius 1 is 1.38 bits per heavy atom. The standard InChI is InChI=1S/C9H17N3O4/c1-2-3-6(8(14)15)11-5-4-7(13)12-9(10)16/h6,11H,2-5H2,1H3,(H,14,15)(H3,10,12,13,16). The summed E-state index contributed by atoms with van der Waals surface area (Å²) < 4.78 is 0. The number of aliphatic carboxylic acids is 1. The number of hydrogen-bond acceptors (Lipinski definition) is 4. The molecule has 0 aliphatic heterocycles. The number of amides is 3. The lowest BCUT2D eigenvalue weighted by Crippen LogP contribution is -2.40. The van der Waals surface area contributed by atoms with Gasteiger partial charge in [0, 0.05) is 13.0 Å². The zero-order valence-electron chi connectivity index (χ0n) is 9.16. The molecule has 1 unspecified atom stereocenters. The Balaban J connectivity index is 3.81. The van der Waals surface area contributed by atoms with Crippen LogP contribution in [-0.2, 0) is 9.59 Å². The fraction of sp³-hybridized carbons (Fsp3) is 0.667. The molecule has 0 aliphatic rings. The summed E-state index contributed by atoms with van der Waals surface area (Å²) in [5, 5.41) is 13.4. The zero-order chi connectivity index (χ0) is 12.6. The summed E-state index contributed by atoms with van der Waals surface area (Å²) in [4.78, 5) is 32.0. The van der Waals surface area contributed by atoms with Crippen LogP contribution in [0.2, 0.25) is 0 Å². The Kier molecular flexibility index (Phi) is 6.86. The third-order valence-electron chi connectivity index (χ3n) is 1.88. The van der Waals surface area contributed by atoms with E-state index in [2.05, 4.69) is 5.32 Å². The summed E-state index contributed by atoms with van der Waals surface area (Å²) in [6.45, 7) is 2.06. The van der Waals surface area contributed by atoms with Gasteiger partial charge in [-0.05, 0) is 6.42 Å². The van der Waals surface area contributed by atoms with E-state index in [4.69, 9.17) is 10.8 Å². The number of rotatable bonds is 7. The molecule has 0 radical (unpaired) electrons. The highest BCUT2D eigenvalue weighted by atomic mass is 16.4. The van der Waals surface area contributed by atoms with Crippen LogP contribution in [-0.4, -0.2) is 35.6 Å². The van der Waals surface area contributed by atoms with E-state index in [1.807, 2.05) is 12.2 Å². The summed E-state index contributed by atoms with van der Waals surface area (Å²) in [7, 11) is 0. The highest BCUT2D eigenvalue weighted by Gasteiger charge is 2.15. The molecule has 0 aliphatic carbocycles. The van der Waals surface area contributed by atoms with Gasteiger partial charge in [-0.1, -0.05) is 13.3 Å². The summed E-state index contributed by atoms with van der Waals surface area (Å²) in [5.41, 5.74) is 4.74. The number of urea groups is 1. The fourth-order valence-electron chi connectivity index (χ4n) is 1.16. The number of nitrogens with two attached hydrogens (primary N) is 1. The minimum absolute atomic E-state index is 0.0104. The van der Waals surface area contributed by atoms with Gasteiger partial charge in [0.15, 0.2) is 0 Å². The molecule has 1 atom stereocenters. The monoisotopic (exact) mass is 231 g/mol. The Bertz CT molecular complexity index is 267. The van der Waals surface area contributed by atoms with Crippen molar-refractivity contribution >= 4 is 17.9 Å². The normalized spacial score (nSPS) is 11.8. The average Bonchev–Trinajstić information content (AvgIpc) is 2.15. The van der Waals surface area contributed by atoms with Gasteiger partial charge >= 0.3 is 12.0 Å². The van der Waals surface area contributed by atoms with Crippen molar-refractivity contribution in [1.82, 2.24) is 10.6 Å². The molecule has 7 heteroatoms. The van der Waals surface area contributed by atoms with E-state index < -0.39 is 23.9 Å². The number of carbonyl (C=O) groups excluding carboxylic acids is 2. The van der Waals surface area contributed by atoms with Crippen molar-refractivity contribution < 1.29 is 19.5 Å². The Morgan fingerprint density at radius 2 is 2.00 bits per heavy atom. The highest BCUT2D eigenvalue weighted by Crippen LogP contribution is 1.96. The molecule has 0 aromatic heterocycles. The van der Waals surface area contributed by atoms with Gasteiger partial charge in [-0.3, -0.25) is 14.9 Å². The number of primary amides is 1. The molecular weight excluding hydrogens is 214 g/mol. The molecule has 0 fully saturated rings. The molecular formula is C9H17N3O4. The number of imide groups is 1. The molecule has 3 amide bonds. The molecule has 0 spiro atoms.